The van der Waals surface area contributed by atoms with Gasteiger partial charge >= 0.3 is 11.4 Å². The fourth-order valence-electron chi connectivity index (χ4n) is 0.947. The van der Waals surface area contributed by atoms with Crippen LogP contribution < -0.4 is 11.4 Å². The van der Waals surface area contributed by atoms with Crippen LogP contribution in [0.15, 0.2) is 9.59 Å². The van der Waals surface area contributed by atoms with Crippen molar-refractivity contribution in [3.63, 3.8) is 0 Å². The van der Waals surface area contributed by atoms with Gasteiger partial charge in [-0.1, -0.05) is 0 Å². The predicted octanol–water partition coefficient (Wildman–Crippen LogP) is -1.34. The highest BCUT2D eigenvalue weighted by molar-refractivity contribution is 5.81. The Hall–Kier alpha value is -1.92. The number of nitrogens with zero attached hydrogens (tertiary/aromatic N) is 2. The van der Waals surface area contributed by atoms with Gasteiger partial charge in [0.15, 0.2) is 0 Å². The van der Waals surface area contributed by atoms with E-state index in [1.54, 1.807) is 0 Å². The number of aromatic amines is 1. The molecular weight excluding hydrogens is 178 g/mol. The molecule has 0 amide bonds. The molecule has 1 heterocycles. The van der Waals surface area contributed by atoms with Crippen molar-refractivity contribution < 1.29 is 9.59 Å². The number of nitrogens with one attached hydrogen (secondary N) is 1. The molecule has 0 bridgehead atoms. The smallest absolute Gasteiger partial charge is 0.273 e. The Bertz CT molecular complexity index is 432. The lowest BCUT2D eigenvalue weighted by molar-refractivity contribution is 0.0814. The second-order valence-corrected chi connectivity index (χ2v) is 2.40. The van der Waals surface area contributed by atoms with Crippen molar-refractivity contribution in [2.75, 3.05) is 0 Å². The van der Waals surface area contributed by atoms with Gasteiger partial charge in [0.1, 0.15) is 0 Å². The molecule has 0 aliphatic carbocycles. The third-order valence-electron chi connectivity index (χ3n) is 1.40. The van der Waals surface area contributed by atoms with Gasteiger partial charge in [-0.05, 0) is 0 Å². The maximum absolute atomic E-state index is 10.9. The molecule has 0 aromatic carbocycles. The first-order chi connectivity index (χ1) is 5.95. The van der Waals surface area contributed by atoms with Gasteiger partial charge < -0.3 is 0 Å². The van der Waals surface area contributed by atoms with E-state index in [-0.39, 0.29) is 0 Å². The number of H-pyrrole nitrogens is 1. The molecule has 0 fully saturated rings. The van der Waals surface area contributed by atoms with Crippen LogP contribution >= 0.6 is 0 Å². The normalized spacial score (nSPS) is 10.0. The molecular formula is C6H7N3O4. The van der Waals surface area contributed by atoms with Crippen LogP contribution in [0.2, 0.25) is 0 Å². The van der Waals surface area contributed by atoms with Gasteiger partial charge in [-0.25, -0.2) is 9.59 Å². The van der Waals surface area contributed by atoms with Crippen LogP contribution in [0.5, 0.6) is 0 Å². The van der Waals surface area contributed by atoms with E-state index in [4.69, 9.17) is 0 Å². The summed E-state index contributed by atoms with van der Waals surface area (Å²) in [5.74, 6) is -1.39. The Balaban J connectivity index is 3.67. The Kier molecular flexibility index (Phi) is 2.01. The van der Waals surface area contributed by atoms with E-state index in [2.05, 4.69) is 0 Å². The van der Waals surface area contributed by atoms with Crippen LogP contribution in [-0.2, 0) is 0 Å². The lowest BCUT2D eigenvalue weighted by Crippen LogP contribution is -2.33. The predicted molar refractivity (Wildman–Crippen MR) is 41.9 cm³/mol. The van der Waals surface area contributed by atoms with Gasteiger partial charge in [0.25, 0.3) is 0 Å². The molecule has 0 atom stereocenters. The topological polar surface area (TPSA) is 93.9 Å². The minimum Gasteiger partial charge on any atom is -0.273 e. The summed E-state index contributed by atoms with van der Waals surface area (Å²) in [6, 6.07) is 0. The van der Waals surface area contributed by atoms with Crippen molar-refractivity contribution in [2.24, 2.45) is 0 Å². The second-order valence-electron chi connectivity index (χ2n) is 2.40. The molecule has 7 nitrogen and oxygen atoms in total. The summed E-state index contributed by atoms with van der Waals surface area (Å²) in [4.78, 5) is 45.3. The van der Waals surface area contributed by atoms with Crippen molar-refractivity contribution in [2.45, 2.75) is 13.8 Å². The van der Waals surface area contributed by atoms with Crippen LogP contribution in [0.25, 0.3) is 0 Å². The van der Waals surface area contributed by atoms with E-state index < -0.39 is 23.2 Å². The maximum Gasteiger partial charge on any atom is 0.352 e. The molecule has 0 aliphatic heterocycles. The Morgan fingerprint density at radius 2 is 1.31 bits per heavy atom. The molecule has 7 heteroatoms. The van der Waals surface area contributed by atoms with Gasteiger partial charge in [-0.2, -0.15) is 9.36 Å². The molecule has 0 saturated carbocycles. The van der Waals surface area contributed by atoms with Crippen LogP contribution in [0.4, 0.5) is 0 Å². The minimum atomic E-state index is -0.910. The van der Waals surface area contributed by atoms with Gasteiger partial charge in [0.2, 0.25) is 11.8 Å². The Labute approximate surface area is 71.6 Å². The number of hydrogen-bond acceptors (Lipinski definition) is 4. The fraction of sp³-hybridized carbons (Fsp3) is 0.333. The molecule has 13 heavy (non-hydrogen) atoms. The van der Waals surface area contributed by atoms with E-state index in [0.717, 1.165) is 13.8 Å². The first kappa shape index (κ1) is 9.17. The average molecular weight is 185 g/mol. The van der Waals surface area contributed by atoms with E-state index >= 15 is 0 Å². The Morgan fingerprint density at radius 3 is 1.54 bits per heavy atom. The quantitative estimate of drug-likeness (QED) is 0.541. The molecule has 0 spiro atoms. The van der Waals surface area contributed by atoms with Crippen molar-refractivity contribution in [3.05, 3.63) is 21.0 Å². The summed E-state index contributed by atoms with van der Waals surface area (Å²) in [5, 5.41) is 0. The molecule has 0 aliphatic rings. The number of hydrogen-bond donors (Lipinski definition) is 1. The van der Waals surface area contributed by atoms with Gasteiger partial charge in [0, 0.05) is 13.8 Å². The molecule has 0 radical (unpaired) electrons. The average Bonchev–Trinajstić information content (AvgIpc) is 2.24. The van der Waals surface area contributed by atoms with Crippen molar-refractivity contribution in [1.82, 2.24) is 14.3 Å². The highest BCUT2D eigenvalue weighted by atomic mass is 16.2. The van der Waals surface area contributed by atoms with Crippen molar-refractivity contribution in [3.8, 4) is 0 Å². The van der Waals surface area contributed by atoms with E-state index in [1.807, 2.05) is 4.98 Å². The highest BCUT2D eigenvalue weighted by Gasteiger charge is 2.15. The molecule has 1 aromatic heterocycles. The molecule has 70 valence electrons. The SMILES string of the molecule is CC(=O)n1c(=O)[nH]c(=O)n1C(C)=O. The van der Waals surface area contributed by atoms with Gasteiger partial charge in [-0.3, -0.25) is 14.6 Å². The van der Waals surface area contributed by atoms with Crippen LogP contribution in [0, 0.1) is 0 Å². The highest BCUT2D eigenvalue weighted by Crippen LogP contribution is 1.78. The second kappa shape index (κ2) is 2.85. The number of carbonyl (C=O) groups excluding carboxylic acids is 2. The zero-order valence-corrected chi connectivity index (χ0v) is 7.03. The first-order valence-electron chi connectivity index (χ1n) is 3.41. The van der Waals surface area contributed by atoms with E-state index in [1.165, 1.54) is 0 Å². The maximum atomic E-state index is 10.9. The standard InChI is InChI=1S/C6H7N3O4/c1-3(10)8-5(12)7-6(13)9(8)4(2)11/h1-2H3,(H,7,12,13). The molecule has 1 rings (SSSR count). The molecule has 0 unspecified atom stereocenters. The van der Waals surface area contributed by atoms with Gasteiger partial charge in [0.05, 0.1) is 0 Å². The largest absolute Gasteiger partial charge is 0.352 e. The van der Waals surface area contributed by atoms with Crippen LogP contribution in [0.3, 0.4) is 0 Å². The van der Waals surface area contributed by atoms with Crippen LogP contribution in [0.1, 0.15) is 23.4 Å². The number of rotatable bonds is 0. The third-order valence-corrected chi connectivity index (χ3v) is 1.40. The lowest BCUT2D eigenvalue weighted by Gasteiger charge is -1.99. The molecule has 1 aromatic rings. The summed E-state index contributed by atoms with van der Waals surface area (Å²) >= 11 is 0. The zero-order valence-electron chi connectivity index (χ0n) is 7.03. The monoisotopic (exact) mass is 185 g/mol. The van der Waals surface area contributed by atoms with E-state index in [9.17, 15) is 19.2 Å². The van der Waals surface area contributed by atoms with Crippen molar-refractivity contribution in [1.29, 1.82) is 0 Å². The summed E-state index contributed by atoms with van der Waals surface area (Å²) in [7, 11) is 0. The Morgan fingerprint density at radius 1 is 1.00 bits per heavy atom. The summed E-state index contributed by atoms with van der Waals surface area (Å²) in [6.45, 7) is 2.15. The third kappa shape index (κ3) is 1.35. The van der Waals surface area contributed by atoms with E-state index in [0.29, 0.717) is 9.36 Å². The summed E-state index contributed by atoms with van der Waals surface area (Å²) in [5.41, 5.74) is -1.82. The lowest BCUT2D eigenvalue weighted by atomic mass is 10.7. The fourth-order valence-corrected chi connectivity index (χ4v) is 0.947. The number of aromatic nitrogens is 3. The van der Waals surface area contributed by atoms with Crippen molar-refractivity contribution >= 4 is 11.8 Å². The molecule has 1 N–H and O–H groups in total. The summed E-state index contributed by atoms with van der Waals surface area (Å²) in [6.07, 6.45) is 0. The minimum absolute atomic E-state index is 0.449. The molecule has 0 saturated heterocycles. The summed E-state index contributed by atoms with van der Waals surface area (Å²) < 4.78 is 0.898. The first-order valence-corrected chi connectivity index (χ1v) is 3.41. The zero-order chi connectivity index (χ0) is 10.2. The number of carbonyl (C=O) groups is 2. The van der Waals surface area contributed by atoms with Gasteiger partial charge in [-0.15, -0.1) is 0 Å². The van der Waals surface area contributed by atoms with Crippen LogP contribution in [-0.4, -0.2) is 26.2 Å².